The molecule has 0 rings (SSSR count). The molecule has 0 aromatic carbocycles. The molecule has 76 valence electrons. The topological polar surface area (TPSA) is 46.6 Å². The van der Waals surface area contributed by atoms with Crippen molar-refractivity contribution < 1.29 is 14.3 Å². The Balaban J connectivity index is 4.03. The number of hydrogen-bond donors (Lipinski definition) is 0. The summed E-state index contributed by atoms with van der Waals surface area (Å²) >= 11 is 5.50. The minimum Gasteiger partial charge on any atom is -0.468 e. The summed E-state index contributed by atoms with van der Waals surface area (Å²) in [6, 6.07) is 0. The van der Waals surface area contributed by atoms with E-state index in [1.165, 1.54) is 12.0 Å². The fourth-order valence-electron chi connectivity index (χ4n) is 0.778. The molecule has 5 heteroatoms. The van der Waals surface area contributed by atoms with Crippen molar-refractivity contribution in [2.24, 2.45) is 5.92 Å². The van der Waals surface area contributed by atoms with Gasteiger partial charge >= 0.3 is 5.97 Å². The molecule has 0 heterocycles. The normalized spacial score (nSPS) is 12.0. The Bertz CT molecular complexity index is 196. The standard InChI is InChI=1S/C8H14ClNO3/c1-6(4-9)8(12)10(2)5-7(11)13-3/h6H,4-5H2,1-3H3. The van der Waals surface area contributed by atoms with E-state index >= 15 is 0 Å². The van der Waals surface area contributed by atoms with Gasteiger partial charge in [-0.05, 0) is 0 Å². The maximum absolute atomic E-state index is 11.4. The highest BCUT2D eigenvalue weighted by Gasteiger charge is 2.18. The molecule has 0 aromatic heterocycles. The molecule has 13 heavy (non-hydrogen) atoms. The smallest absolute Gasteiger partial charge is 0.325 e. The van der Waals surface area contributed by atoms with Gasteiger partial charge in [0.15, 0.2) is 0 Å². The van der Waals surface area contributed by atoms with Gasteiger partial charge in [-0.1, -0.05) is 6.92 Å². The molecule has 0 spiro atoms. The van der Waals surface area contributed by atoms with Crippen LogP contribution in [0.4, 0.5) is 0 Å². The lowest BCUT2D eigenvalue weighted by Crippen LogP contribution is -2.36. The molecule has 0 saturated heterocycles. The quantitative estimate of drug-likeness (QED) is 0.498. The number of hydrogen-bond acceptors (Lipinski definition) is 3. The number of rotatable bonds is 4. The minimum absolute atomic E-state index is 0.0312. The van der Waals surface area contributed by atoms with Crippen LogP contribution in [0.15, 0.2) is 0 Å². The average Bonchev–Trinajstić information content (AvgIpc) is 2.14. The SMILES string of the molecule is COC(=O)CN(C)C(=O)C(C)CCl. The van der Waals surface area contributed by atoms with Gasteiger partial charge in [0.25, 0.3) is 0 Å². The second kappa shape index (κ2) is 5.80. The Morgan fingerprint density at radius 2 is 2.08 bits per heavy atom. The fraction of sp³-hybridized carbons (Fsp3) is 0.750. The van der Waals surface area contributed by atoms with Crippen molar-refractivity contribution >= 4 is 23.5 Å². The van der Waals surface area contributed by atoms with E-state index in [4.69, 9.17) is 11.6 Å². The molecule has 0 radical (unpaired) electrons. The van der Waals surface area contributed by atoms with Crippen molar-refractivity contribution in [3.8, 4) is 0 Å². The van der Waals surface area contributed by atoms with E-state index in [0.717, 1.165) is 0 Å². The summed E-state index contributed by atoms with van der Waals surface area (Å²) in [5, 5.41) is 0. The van der Waals surface area contributed by atoms with E-state index in [1.54, 1.807) is 14.0 Å². The molecule has 1 unspecified atom stereocenters. The van der Waals surface area contributed by atoms with E-state index in [-0.39, 0.29) is 24.2 Å². The van der Waals surface area contributed by atoms with Crippen molar-refractivity contribution in [2.45, 2.75) is 6.92 Å². The van der Waals surface area contributed by atoms with Gasteiger partial charge in [0, 0.05) is 18.8 Å². The summed E-state index contributed by atoms with van der Waals surface area (Å²) in [5.74, 6) is -0.598. The second-order valence-electron chi connectivity index (χ2n) is 2.83. The van der Waals surface area contributed by atoms with Crippen LogP contribution >= 0.6 is 11.6 Å². The molecule has 0 fully saturated rings. The second-order valence-corrected chi connectivity index (χ2v) is 3.13. The minimum atomic E-state index is -0.433. The third-order valence-electron chi connectivity index (χ3n) is 1.62. The first kappa shape index (κ1) is 12.2. The predicted molar refractivity (Wildman–Crippen MR) is 49.5 cm³/mol. The van der Waals surface area contributed by atoms with Gasteiger partial charge in [-0.25, -0.2) is 0 Å². The molecule has 0 aliphatic heterocycles. The molecule has 0 N–H and O–H groups in total. The summed E-state index contributed by atoms with van der Waals surface area (Å²) < 4.78 is 4.42. The number of amides is 1. The molecule has 0 bridgehead atoms. The fourth-order valence-corrected chi connectivity index (χ4v) is 0.910. The maximum Gasteiger partial charge on any atom is 0.325 e. The first-order valence-corrected chi connectivity index (χ1v) is 4.44. The average molecular weight is 208 g/mol. The van der Waals surface area contributed by atoms with Crippen LogP contribution in [0.3, 0.4) is 0 Å². The largest absolute Gasteiger partial charge is 0.468 e. The Morgan fingerprint density at radius 1 is 1.54 bits per heavy atom. The Labute approximate surface area is 82.8 Å². The van der Waals surface area contributed by atoms with E-state index in [1.807, 2.05) is 0 Å². The predicted octanol–water partition coefficient (Wildman–Crippen LogP) is 0.493. The molecular formula is C8H14ClNO3. The molecule has 1 atom stereocenters. The Morgan fingerprint density at radius 3 is 2.46 bits per heavy atom. The highest BCUT2D eigenvalue weighted by atomic mass is 35.5. The van der Waals surface area contributed by atoms with Gasteiger partial charge in [0.1, 0.15) is 6.54 Å². The summed E-state index contributed by atoms with van der Waals surface area (Å²) in [6.07, 6.45) is 0. The number of likely N-dealkylation sites (N-methyl/N-ethyl adjacent to an activating group) is 1. The third kappa shape index (κ3) is 4.12. The van der Waals surface area contributed by atoms with Crippen LogP contribution in [0, 0.1) is 5.92 Å². The number of alkyl halides is 1. The van der Waals surface area contributed by atoms with Crippen molar-refractivity contribution in [2.75, 3.05) is 26.6 Å². The van der Waals surface area contributed by atoms with Crippen LogP contribution < -0.4 is 0 Å². The van der Waals surface area contributed by atoms with Crippen LogP contribution in [0.2, 0.25) is 0 Å². The summed E-state index contributed by atoms with van der Waals surface area (Å²) in [5.41, 5.74) is 0. The Hall–Kier alpha value is -0.770. The zero-order valence-corrected chi connectivity index (χ0v) is 8.80. The van der Waals surface area contributed by atoms with E-state index < -0.39 is 5.97 Å². The monoisotopic (exact) mass is 207 g/mol. The van der Waals surface area contributed by atoms with Gasteiger partial charge in [0.2, 0.25) is 5.91 Å². The van der Waals surface area contributed by atoms with Crippen LogP contribution in [0.1, 0.15) is 6.92 Å². The van der Waals surface area contributed by atoms with Crippen LogP contribution in [-0.4, -0.2) is 43.4 Å². The highest BCUT2D eigenvalue weighted by Crippen LogP contribution is 2.02. The summed E-state index contributed by atoms with van der Waals surface area (Å²) in [7, 11) is 2.83. The van der Waals surface area contributed by atoms with Crippen molar-refractivity contribution in [3.05, 3.63) is 0 Å². The molecular weight excluding hydrogens is 194 g/mol. The lowest BCUT2D eigenvalue weighted by atomic mass is 10.2. The third-order valence-corrected chi connectivity index (χ3v) is 2.09. The molecule has 1 amide bonds. The van der Waals surface area contributed by atoms with Gasteiger partial charge in [-0.3, -0.25) is 9.59 Å². The number of carbonyl (C=O) groups is 2. The number of methoxy groups -OCH3 is 1. The molecule has 0 aliphatic carbocycles. The number of esters is 1. The van der Waals surface area contributed by atoms with E-state index in [2.05, 4.69) is 4.74 Å². The van der Waals surface area contributed by atoms with Crippen molar-refractivity contribution in [1.82, 2.24) is 4.90 Å². The van der Waals surface area contributed by atoms with Gasteiger partial charge in [0.05, 0.1) is 7.11 Å². The number of ether oxygens (including phenoxy) is 1. The molecule has 0 aliphatic rings. The zero-order valence-electron chi connectivity index (χ0n) is 8.04. The number of nitrogens with zero attached hydrogens (tertiary/aromatic N) is 1. The maximum atomic E-state index is 11.4. The highest BCUT2D eigenvalue weighted by molar-refractivity contribution is 6.19. The van der Waals surface area contributed by atoms with Crippen molar-refractivity contribution in [1.29, 1.82) is 0 Å². The molecule has 4 nitrogen and oxygen atoms in total. The first-order chi connectivity index (χ1) is 6.02. The van der Waals surface area contributed by atoms with Crippen LogP contribution in [-0.2, 0) is 14.3 Å². The van der Waals surface area contributed by atoms with Gasteiger partial charge in [-0.2, -0.15) is 0 Å². The van der Waals surface area contributed by atoms with Crippen LogP contribution in [0.5, 0.6) is 0 Å². The molecule has 0 aromatic rings. The summed E-state index contributed by atoms with van der Waals surface area (Å²) in [4.78, 5) is 23.5. The van der Waals surface area contributed by atoms with Gasteiger partial charge in [-0.15, -0.1) is 11.6 Å². The lowest BCUT2D eigenvalue weighted by molar-refractivity contribution is -0.147. The van der Waals surface area contributed by atoms with Crippen LogP contribution in [0.25, 0.3) is 0 Å². The lowest BCUT2D eigenvalue weighted by Gasteiger charge is -2.18. The van der Waals surface area contributed by atoms with E-state index in [9.17, 15) is 9.59 Å². The first-order valence-electron chi connectivity index (χ1n) is 3.90. The number of halogens is 1. The van der Waals surface area contributed by atoms with Crippen molar-refractivity contribution in [3.63, 3.8) is 0 Å². The number of carbonyl (C=O) groups excluding carboxylic acids is 2. The van der Waals surface area contributed by atoms with Gasteiger partial charge < -0.3 is 9.64 Å². The van der Waals surface area contributed by atoms with E-state index in [0.29, 0.717) is 0 Å². The zero-order chi connectivity index (χ0) is 10.4. The molecule has 0 saturated carbocycles. The Kier molecular flexibility index (Phi) is 5.46. The summed E-state index contributed by atoms with van der Waals surface area (Å²) in [6.45, 7) is 1.68.